The highest BCUT2D eigenvalue weighted by Gasteiger charge is 2.35. The molecule has 0 radical (unpaired) electrons. The highest BCUT2D eigenvalue weighted by molar-refractivity contribution is 6.00. The van der Waals surface area contributed by atoms with Crippen LogP contribution in [-0.2, 0) is 0 Å². The van der Waals surface area contributed by atoms with E-state index in [1.807, 2.05) is 30.3 Å². The molecule has 0 bridgehead atoms. The number of nitrogens with zero attached hydrogens (tertiary/aromatic N) is 1. The Hall–Kier alpha value is -1.15. The number of likely N-dealkylation sites (tertiary alicyclic amines) is 1. The third-order valence-electron chi connectivity index (χ3n) is 3.09. The summed E-state index contributed by atoms with van der Waals surface area (Å²) < 4.78 is 0. The first-order chi connectivity index (χ1) is 7.20. The van der Waals surface area contributed by atoms with Gasteiger partial charge in [-0.2, -0.15) is 0 Å². The van der Waals surface area contributed by atoms with E-state index in [0.717, 1.165) is 18.5 Å². The van der Waals surface area contributed by atoms with Crippen molar-refractivity contribution < 1.29 is 4.79 Å². The Bertz CT molecular complexity index is 345. The topological polar surface area (TPSA) is 20.3 Å². The van der Waals surface area contributed by atoms with Crippen LogP contribution < -0.4 is 0 Å². The molecule has 1 unspecified atom stereocenters. The second-order valence-corrected chi connectivity index (χ2v) is 4.37. The Kier molecular flexibility index (Phi) is 2.87. The quantitative estimate of drug-likeness (QED) is 0.703. The summed E-state index contributed by atoms with van der Waals surface area (Å²) in [5.41, 5.74) is 0.841. The molecule has 1 aromatic carbocycles. The maximum atomic E-state index is 12.1. The summed E-state index contributed by atoms with van der Waals surface area (Å²) in [4.78, 5) is 14.4. The first kappa shape index (κ1) is 10.4. The monoisotopic (exact) mass is 203 g/mol. The van der Waals surface area contributed by atoms with Crippen molar-refractivity contribution in [1.82, 2.24) is 4.90 Å². The first-order valence-corrected chi connectivity index (χ1v) is 5.55. The van der Waals surface area contributed by atoms with Gasteiger partial charge < -0.3 is 0 Å². The second kappa shape index (κ2) is 4.15. The van der Waals surface area contributed by atoms with Crippen molar-refractivity contribution in [3.63, 3.8) is 0 Å². The van der Waals surface area contributed by atoms with E-state index in [1.165, 1.54) is 0 Å². The molecule has 1 aliphatic heterocycles. The van der Waals surface area contributed by atoms with Crippen LogP contribution in [0.4, 0.5) is 0 Å². The van der Waals surface area contributed by atoms with Crippen LogP contribution in [0, 0.1) is 0 Å². The molecule has 0 aliphatic carbocycles. The number of benzene rings is 1. The van der Waals surface area contributed by atoms with Crippen molar-refractivity contribution in [2.45, 2.75) is 32.4 Å². The fourth-order valence-corrected chi connectivity index (χ4v) is 2.10. The van der Waals surface area contributed by atoms with E-state index in [1.54, 1.807) is 0 Å². The lowest BCUT2D eigenvalue weighted by molar-refractivity contribution is 0.0431. The fourth-order valence-electron chi connectivity index (χ4n) is 2.10. The lowest BCUT2D eigenvalue weighted by Crippen LogP contribution is -2.55. The molecule has 2 nitrogen and oxygen atoms in total. The number of hydrogen-bond acceptors (Lipinski definition) is 2. The molecule has 0 amide bonds. The minimum atomic E-state index is 0.118. The number of hydrogen-bond donors (Lipinski definition) is 0. The number of carbonyl (C=O) groups is 1. The van der Waals surface area contributed by atoms with Gasteiger partial charge in [0.15, 0.2) is 5.78 Å². The van der Waals surface area contributed by atoms with Crippen LogP contribution in [-0.4, -0.2) is 29.3 Å². The van der Waals surface area contributed by atoms with Gasteiger partial charge in [0.25, 0.3) is 0 Å². The molecular formula is C13H17NO. The van der Waals surface area contributed by atoms with Gasteiger partial charge in [0.2, 0.25) is 0 Å². The van der Waals surface area contributed by atoms with Crippen molar-refractivity contribution in [3.05, 3.63) is 35.9 Å². The smallest absolute Gasteiger partial charge is 0.180 e. The lowest BCUT2D eigenvalue weighted by Gasteiger charge is -2.42. The lowest BCUT2D eigenvalue weighted by atomic mass is 9.92. The largest absolute Gasteiger partial charge is 0.292 e. The van der Waals surface area contributed by atoms with E-state index < -0.39 is 0 Å². The third-order valence-corrected chi connectivity index (χ3v) is 3.09. The van der Waals surface area contributed by atoms with Gasteiger partial charge in [0, 0.05) is 18.2 Å². The van der Waals surface area contributed by atoms with Gasteiger partial charge in [-0.15, -0.1) is 0 Å². The van der Waals surface area contributed by atoms with E-state index in [4.69, 9.17) is 0 Å². The predicted molar refractivity (Wildman–Crippen MR) is 61.0 cm³/mol. The van der Waals surface area contributed by atoms with E-state index in [0.29, 0.717) is 6.04 Å². The van der Waals surface area contributed by atoms with E-state index >= 15 is 0 Å². The zero-order valence-corrected chi connectivity index (χ0v) is 9.31. The second-order valence-electron chi connectivity index (χ2n) is 4.37. The van der Waals surface area contributed by atoms with Crippen LogP contribution in [0.25, 0.3) is 0 Å². The molecule has 0 aromatic heterocycles. The molecule has 15 heavy (non-hydrogen) atoms. The molecule has 1 heterocycles. The summed E-state index contributed by atoms with van der Waals surface area (Å²) >= 11 is 0. The molecular weight excluding hydrogens is 186 g/mol. The fraction of sp³-hybridized carbons (Fsp3) is 0.462. The molecule has 2 heteroatoms. The molecule has 1 aromatic rings. The summed E-state index contributed by atoms with van der Waals surface area (Å²) in [5, 5.41) is 0. The van der Waals surface area contributed by atoms with E-state index in [2.05, 4.69) is 18.7 Å². The Labute approximate surface area is 90.9 Å². The molecule has 2 rings (SSSR count). The van der Waals surface area contributed by atoms with E-state index in [9.17, 15) is 4.79 Å². The summed E-state index contributed by atoms with van der Waals surface area (Å²) in [5.74, 6) is 0.274. The van der Waals surface area contributed by atoms with Crippen LogP contribution in [0.1, 0.15) is 30.6 Å². The van der Waals surface area contributed by atoms with Gasteiger partial charge in [-0.25, -0.2) is 0 Å². The molecule has 80 valence electrons. The predicted octanol–water partition coefficient (Wildman–Crippen LogP) is 2.35. The summed E-state index contributed by atoms with van der Waals surface area (Å²) in [6, 6.07) is 10.2. The van der Waals surface area contributed by atoms with Crippen LogP contribution in [0.3, 0.4) is 0 Å². The van der Waals surface area contributed by atoms with Crippen LogP contribution in [0.15, 0.2) is 30.3 Å². The maximum Gasteiger partial charge on any atom is 0.180 e. The zero-order valence-electron chi connectivity index (χ0n) is 9.31. The average Bonchev–Trinajstić information content (AvgIpc) is 2.16. The van der Waals surface area contributed by atoms with Crippen LogP contribution >= 0.6 is 0 Å². The van der Waals surface area contributed by atoms with Gasteiger partial charge in [-0.3, -0.25) is 9.69 Å². The summed E-state index contributed by atoms with van der Waals surface area (Å²) in [6.45, 7) is 5.34. The van der Waals surface area contributed by atoms with Crippen molar-refractivity contribution in [2.75, 3.05) is 6.54 Å². The van der Waals surface area contributed by atoms with Crippen molar-refractivity contribution in [1.29, 1.82) is 0 Å². The molecule has 1 saturated heterocycles. The summed E-state index contributed by atoms with van der Waals surface area (Å²) in [7, 11) is 0. The van der Waals surface area contributed by atoms with Crippen molar-refractivity contribution in [3.8, 4) is 0 Å². The van der Waals surface area contributed by atoms with Gasteiger partial charge in [0.1, 0.15) is 0 Å². The summed E-state index contributed by atoms with van der Waals surface area (Å²) in [6.07, 6.45) is 1.01. The van der Waals surface area contributed by atoms with Crippen LogP contribution in [0.2, 0.25) is 0 Å². The molecule has 0 spiro atoms. The SMILES string of the molecule is CC(C)N1CCC1C(=O)c1ccccc1. The molecule has 0 N–H and O–H groups in total. The van der Waals surface area contributed by atoms with Gasteiger partial charge >= 0.3 is 0 Å². The molecule has 1 atom stereocenters. The molecule has 1 fully saturated rings. The third kappa shape index (κ3) is 1.95. The number of rotatable bonds is 3. The maximum absolute atomic E-state index is 12.1. The van der Waals surface area contributed by atoms with Gasteiger partial charge in [-0.1, -0.05) is 30.3 Å². The van der Waals surface area contributed by atoms with Crippen molar-refractivity contribution in [2.24, 2.45) is 0 Å². The first-order valence-electron chi connectivity index (χ1n) is 5.55. The number of carbonyl (C=O) groups excluding carboxylic acids is 1. The zero-order chi connectivity index (χ0) is 10.8. The highest BCUT2D eigenvalue weighted by Crippen LogP contribution is 2.23. The van der Waals surface area contributed by atoms with Crippen molar-refractivity contribution >= 4 is 5.78 Å². The minimum Gasteiger partial charge on any atom is -0.292 e. The van der Waals surface area contributed by atoms with Gasteiger partial charge in [-0.05, 0) is 20.3 Å². The van der Waals surface area contributed by atoms with Crippen LogP contribution in [0.5, 0.6) is 0 Å². The normalized spacial score (nSPS) is 21.4. The number of Topliss-reactive ketones (excluding diaryl/α,β-unsaturated/α-hetero) is 1. The Morgan fingerprint density at radius 3 is 2.47 bits per heavy atom. The number of ketones is 1. The molecule has 1 aliphatic rings. The standard InChI is InChI=1S/C13H17NO/c1-10(2)14-9-8-12(14)13(15)11-6-4-3-5-7-11/h3-7,10,12H,8-9H2,1-2H3. The Balaban J connectivity index is 2.10. The highest BCUT2D eigenvalue weighted by atomic mass is 16.1. The van der Waals surface area contributed by atoms with E-state index in [-0.39, 0.29) is 11.8 Å². The van der Waals surface area contributed by atoms with Gasteiger partial charge in [0.05, 0.1) is 6.04 Å². The Morgan fingerprint density at radius 1 is 1.33 bits per heavy atom. The minimum absolute atomic E-state index is 0.118. The average molecular weight is 203 g/mol. The Morgan fingerprint density at radius 2 is 2.00 bits per heavy atom. The molecule has 0 saturated carbocycles.